The van der Waals surface area contributed by atoms with Crippen LogP contribution in [-0.2, 0) is 0 Å². The zero-order valence-electron chi connectivity index (χ0n) is 10.7. The molecule has 0 aliphatic heterocycles. The fourth-order valence-electron chi connectivity index (χ4n) is 2.19. The fraction of sp³-hybridized carbons (Fsp3) is 0. The van der Waals surface area contributed by atoms with Crippen molar-refractivity contribution >= 4 is 22.6 Å². The first-order chi connectivity index (χ1) is 10.1. The summed E-state index contributed by atoms with van der Waals surface area (Å²) >= 11 is 0. The molecule has 1 amide bonds. The number of nitrogens with two attached hydrogens (primary N) is 1. The van der Waals surface area contributed by atoms with Crippen LogP contribution in [0.1, 0.15) is 10.4 Å². The number of carbonyl (C=O) groups excluding carboxylic acids is 1. The molecule has 3 N–H and O–H groups in total. The van der Waals surface area contributed by atoms with Crippen LogP contribution in [0.3, 0.4) is 0 Å². The van der Waals surface area contributed by atoms with Crippen LogP contribution in [0.25, 0.3) is 22.4 Å². The van der Waals surface area contributed by atoms with E-state index in [0.29, 0.717) is 22.4 Å². The summed E-state index contributed by atoms with van der Waals surface area (Å²) in [5.41, 5.74) is 6.87. The molecule has 0 saturated heterocycles. The van der Waals surface area contributed by atoms with Crippen molar-refractivity contribution in [2.24, 2.45) is 5.73 Å². The van der Waals surface area contributed by atoms with Gasteiger partial charge in [0.2, 0.25) is 0 Å². The molecule has 0 bridgehead atoms. The van der Waals surface area contributed by atoms with Gasteiger partial charge >= 0.3 is 0 Å². The Bertz CT molecular complexity index is 870. The molecule has 0 atom stereocenters. The van der Waals surface area contributed by atoms with Crippen molar-refractivity contribution in [3.8, 4) is 11.4 Å². The molecular weight excluding hydrogens is 272 g/mol. The van der Waals surface area contributed by atoms with Crippen LogP contribution in [-0.4, -0.2) is 20.8 Å². The second-order valence-electron chi connectivity index (χ2n) is 4.43. The topological polar surface area (TPSA) is 115 Å². The number of hydrogen-bond donors (Lipinski definition) is 2. The summed E-state index contributed by atoms with van der Waals surface area (Å²) in [6.07, 6.45) is 0. The Morgan fingerprint density at radius 3 is 2.67 bits per heavy atom. The third-order valence-electron chi connectivity index (χ3n) is 3.13. The van der Waals surface area contributed by atoms with Crippen LogP contribution in [0.15, 0.2) is 42.5 Å². The van der Waals surface area contributed by atoms with Gasteiger partial charge in [0.1, 0.15) is 11.3 Å². The maximum Gasteiger partial charge on any atom is 0.280 e. The van der Waals surface area contributed by atoms with Gasteiger partial charge in [0, 0.05) is 6.07 Å². The highest BCUT2D eigenvalue weighted by molar-refractivity contribution is 6.04. The minimum absolute atomic E-state index is 0.0582. The van der Waals surface area contributed by atoms with Crippen LogP contribution in [0, 0.1) is 10.1 Å². The van der Waals surface area contributed by atoms with Crippen molar-refractivity contribution in [2.45, 2.75) is 0 Å². The lowest BCUT2D eigenvalue weighted by atomic mass is 10.1. The van der Waals surface area contributed by atoms with Gasteiger partial charge in [-0.25, -0.2) is 4.98 Å². The summed E-state index contributed by atoms with van der Waals surface area (Å²) in [4.78, 5) is 29.3. The Morgan fingerprint density at radius 1 is 1.19 bits per heavy atom. The van der Waals surface area contributed by atoms with Gasteiger partial charge in [-0.15, -0.1) is 0 Å². The van der Waals surface area contributed by atoms with Gasteiger partial charge in [-0.05, 0) is 18.2 Å². The van der Waals surface area contributed by atoms with E-state index < -0.39 is 10.8 Å². The number of amides is 1. The molecule has 7 nitrogen and oxygen atoms in total. The quantitative estimate of drug-likeness (QED) is 0.566. The standard InChI is InChI=1S/C14H10N4O3/c15-13(19)9-5-3-6-10-12(9)17-14(16-10)8-4-1-2-7-11(8)18(20)21/h1-7H,(H2,15,19)(H,16,17). The predicted octanol–water partition coefficient (Wildman–Crippen LogP) is 2.24. The van der Waals surface area contributed by atoms with Crippen LogP contribution in [0.4, 0.5) is 5.69 Å². The molecule has 0 saturated carbocycles. The number of nitro groups is 1. The van der Waals surface area contributed by atoms with E-state index in [0.717, 1.165) is 0 Å². The summed E-state index contributed by atoms with van der Waals surface area (Å²) in [5.74, 6) is -0.271. The van der Waals surface area contributed by atoms with E-state index in [1.54, 1.807) is 36.4 Å². The Kier molecular flexibility index (Phi) is 2.87. The normalized spacial score (nSPS) is 10.7. The molecule has 1 aromatic heterocycles. The molecule has 104 valence electrons. The maximum atomic E-state index is 11.4. The lowest BCUT2D eigenvalue weighted by molar-refractivity contribution is -0.384. The van der Waals surface area contributed by atoms with Crippen LogP contribution in [0.2, 0.25) is 0 Å². The monoisotopic (exact) mass is 282 g/mol. The molecule has 3 aromatic rings. The summed E-state index contributed by atoms with van der Waals surface area (Å²) in [6.45, 7) is 0. The first-order valence-electron chi connectivity index (χ1n) is 6.10. The highest BCUT2D eigenvalue weighted by Gasteiger charge is 2.18. The maximum absolute atomic E-state index is 11.4. The Labute approximate surface area is 118 Å². The molecule has 2 aromatic carbocycles. The molecular formula is C14H10N4O3. The number of H-pyrrole nitrogens is 1. The second kappa shape index (κ2) is 4.71. The Morgan fingerprint density at radius 2 is 1.95 bits per heavy atom. The van der Waals surface area contributed by atoms with Gasteiger partial charge in [-0.1, -0.05) is 18.2 Å². The Hall–Kier alpha value is -3.22. The number of nitro benzene ring substituents is 1. The number of carbonyl (C=O) groups is 1. The van der Waals surface area contributed by atoms with Crippen molar-refractivity contribution < 1.29 is 9.72 Å². The lowest BCUT2D eigenvalue weighted by Crippen LogP contribution is -2.11. The van der Waals surface area contributed by atoms with E-state index in [4.69, 9.17) is 5.73 Å². The lowest BCUT2D eigenvalue weighted by Gasteiger charge is -1.98. The van der Waals surface area contributed by atoms with Crippen molar-refractivity contribution in [2.75, 3.05) is 0 Å². The van der Waals surface area contributed by atoms with Gasteiger partial charge in [-0.3, -0.25) is 14.9 Å². The molecule has 0 aliphatic carbocycles. The highest BCUT2D eigenvalue weighted by Crippen LogP contribution is 2.29. The molecule has 0 unspecified atom stereocenters. The average molecular weight is 282 g/mol. The minimum Gasteiger partial charge on any atom is -0.366 e. The van der Waals surface area contributed by atoms with Crippen molar-refractivity contribution in [3.63, 3.8) is 0 Å². The third-order valence-corrected chi connectivity index (χ3v) is 3.13. The van der Waals surface area contributed by atoms with E-state index in [1.807, 2.05) is 0 Å². The number of benzene rings is 2. The number of aromatic amines is 1. The zero-order valence-corrected chi connectivity index (χ0v) is 10.7. The molecule has 0 aliphatic rings. The van der Waals surface area contributed by atoms with E-state index in [-0.39, 0.29) is 11.3 Å². The van der Waals surface area contributed by atoms with Gasteiger partial charge in [0.05, 0.1) is 21.6 Å². The van der Waals surface area contributed by atoms with Crippen LogP contribution >= 0.6 is 0 Å². The van der Waals surface area contributed by atoms with E-state index >= 15 is 0 Å². The second-order valence-corrected chi connectivity index (χ2v) is 4.43. The molecule has 21 heavy (non-hydrogen) atoms. The molecule has 0 spiro atoms. The number of hydrogen-bond acceptors (Lipinski definition) is 4. The third kappa shape index (κ3) is 2.10. The zero-order chi connectivity index (χ0) is 15.0. The number of para-hydroxylation sites is 2. The summed E-state index contributed by atoms with van der Waals surface area (Å²) in [6, 6.07) is 11.2. The van der Waals surface area contributed by atoms with E-state index in [9.17, 15) is 14.9 Å². The molecule has 3 rings (SSSR count). The Balaban J connectivity index is 2.26. The van der Waals surface area contributed by atoms with Crippen LogP contribution < -0.4 is 5.73 Å². The molecule has 0 radical (unpaired) electrons. The number of fused-ring (bicyclic) bond motifs is 1. The number of nitrogens with one attached hydrogen (secondary N) is 1. The summed E-state index contributed by atoms with van der Waals surface area (Å²) in [7, 11) is 0. The van der Waals surface area contributed by atoms with E-state index in [2.05, 4.69) is 9.97 Å². The summed E-state index contributed by atoms with van der Waals surface area (Å²) < 4.78 is 0. The predicted molar refractivity (Wildman–Crippen MR) is 76.7 cm³/mol. The number of imidazole rings is 1. The first-order valence-corrected chi connectivity index (χ1v) is 6.10. The number of nitrogens with zero attached hydrogens (tertiary/aromatic N) is 2. The van der Waals surface area contributed by atoms with Crippen molar-refractivity contribution in [1.29, 1.82) is 0 Å². The fourth-order valence-corrected chi connectivity index (χ4v) is 2.19. The number of primary amides is 1. The van der Waals surface area contributed by atoms with Crippen molar-refractivity contribution in [3.05, 3.63) is 58.1 Å². The molecule has 7 heteroatoms. The minimum atomic E-state index is -0.596. The SMILES string of the molecule is NC(=O)c1cccc2[nH]c(-c3ccccc3[N+](=O)[O-])nc12. The van der Waals surface area contributed by atoms with Crippen molar-refractivity contribution in [1.82, 2.24) is 9.97 Å². The average Bonchev–Trinajstić information content (AvgIpc) is 2.90. The summed E-state index contributed by atoms with van der Waals surface area (Å²) in [5, 5.41) is 11.1. The molecule has 0 fully saturated rings. The number of aromatic nitrogens is 2. The van der Waals surface area contributed by atoms with Gasteiger partial charge in [0.25, 0.3) is 11.6 Å². The largest absolute Gasteiger partial charge is 0.366 e. The molecule has 1 heterocycles. The first kappa shape index (κ1) is 12.8. The smallest absolute Gasteiger partial charge is 0.280 e. The van der Waals surface area contributed by atoms with Gasteiger partial charge < -0.3 is 10.7 Å². The van der Waals surface area contributed by atoms with Gasteiger partial charge in [-0.2, -0.15) is 0 Å². The van der Waals surface area contributed by atoms with Crippen LogP contribution in [0.5, 0.6) is 0 Å². The highest BCUT2D eigenvalue weighted by atomic mass is 16.6. The van der Waals surface area contributed by atoms with E-state index in [1.165, 1.54) is 6.07 Å². The van der Waals surface area contributed by atoms with Gasteiger partial charge in [0.15, 0.2) is 0 Å². The number of rotatable bonds is 3.